The van der Waals surface area contributed by atoms with Crippen LogP contribution in [0.4, 0.5) is 5.69 Å². The molecule has 0 unspecified atom stereocenters. The van der Waals surface area contributed by atoms with Crippen molar-refractivity contribution in [3.8, 4) is 5.88 Å². The number of halogens is 1. The number of aliphatic carboxylic acids is 1. The summed E-state index contributed by atoms with van der Waals surface area (Å²) in [5.74, 6) is -1.22. The molecule has 0 bridgehead atoms. The maximum absolute atomic E-state index is 14.1. The van der Waals surface area contributed by atoms with Crippen molar-refractivity contribution in [2.75, 3.05) is 11.4 Å². The number of hydrogen-bond acceptors (Lipinski definition) is 5. The third kappa shape index (κ3) is 5.94. The highest BCUT2D eigenvalue weighted by atomic mass is 35.5. The first-order valence-electron chi connectivity index (χ1n) is 14.8. The lowest BCUT2D eigenvalue weighted by Crippen LogP contribution is -2.58. The molecule has 0 spiro atoms. The van der Waals surface area contributed by atoms with Gasteiger partial charge in [0.15, 0.2) is 0 Å². The van der Waals surface area contributed by atoms with Gasteiger partial charge in [-0.2, -0.15) is 0 Å². The van der Waals surface area contributed by atoms with Gasteiger partial charge in [-0.15, -0.1) is 0 Å². The van der Waals surface area contributed by atoms with Crippen LogP contribution in [0.15, 0.2) is 66.7 Å². The average Bonchev–Trinajstić information content (AvgIpc) is 3.07. The first kappa shape index (κ1) is 31.2. The summed E-state index contributed by atoms with van der Waals surface area (Å²) in [7, 11) is 0. The quantitative estimate of drug-likeness (QED) is 0.229. The number of carbonyl (C=O) groups excluding carboxylic acids is 1. The van der Waals surface area contributed by atoms with Crippen molar-refractivity contribution in [3.05, 3.63) is 122 Å². The van der Waals surface area contributed by atoms with E-state index >= 15 is 0 Å². The van der Waals surface area contributed by atoms with Crippen molar-refractivity contribution in [1.29, 1.82) is 0 Å². The van der Waals surface area contributed by atoms with Crippen molar-refractivity contribution in [3.63, 3.8) is 0 Å². The molecular formula is C36H38ClN3O4. The number of hydrogen-bond donors (Lipinski definition) is 2. The molecule has 2 heterocycles. The topological polar surface area (TPSA) is 91.8 Å². The second-order valence-electron chi connectivity index (χ2n) is 11.7. The Hall–Kier alpha value is -4.20. The minimum atomic E-state index is -1.52. The van der Waals surface area contributed by atoms with E-state index in [2.05, 4.69) is 29.4 Å². The van der Waals surface area contributed by atoms with Crippen molar-refractivity contribution in [1.82, 2.24) is 10.3 Å². The third-order valence-corrected chi connectivity index (χ3v) is 8.61. The predicted octanol–water partition coefficient (Wildman–Crippen LogP) is 6.75. The van der Waals surface area contributed by atoms with Gasteiger partial charge in [0, 0.05) is 28.0 Å². The average molecular weight is 612 g/mol. The third-order valence-electron chi connectivity index (χ3n) is 8.37. The Bertz CT molecular complexity index is 1710. The Morgan fingerprint density at radius 3 is 2.39 bits per heavy atom. The number of carboxylic acid groups (broad SMARTS) is 1. The molecule has 2 atom stereocenters. The molecule has 0 fully saturated rings. The summed E-state index contributed by atoms with van der Waals surface area (Å²) >= 11 is 6.67. The molecular weight excluding hydrogens is 574 g/mol. The van der Waals surface area contributed by atoms with Gasteiger partial charge in [0.2, 0.25) is 17.9 Å². The summed E-state index contributed by atoms with van der Waals surface area (Å²) in [6, 6.07) is 20.9. The fraction of sp³-hybridized carbons (Fsp3) is 0.306. The van der Waals surface area contributed by atoms with E-state index in [4.69, 9.17) is 16.3 Å². The number of aryl methyl sites for hydroxylation is 6. The molecule has 1 aliphatic heterocycles. The number of carbonyl (C=O) groups is 2. The van der Waals surface area contributed by atoms with E-state index in [1.54, 1.807) is 29.2 Å². The maximum atomic E-state index is 14.1. The van der Waals surface area contributed by atoms with Crippen LogP contribution in [-0.2, 0) is 28.1 Å². The molecule has 4 aromatic rings. The van der Waals surface area contributed by atoms with Crippen LogP contribution in [0.2, 0.25) is 5.02 Å². The van der Waals surface area contributed by atoms with E-state index in [-0.39, 0.29) is 18.3 Å². The molecule has 5 rings (SSSR count). The highest BCUT2D eigenvalue weighted by Gasteiger charge is 2.52. The van der Waals surface area contributed by atoms with Crippen LogP contribution in [0.25, 0.3) is 0 Å². The van der Waals surface area contributed by atoms with Crippen LogP contribution in [0, 0.1) is 34.6 Å². The predicted molar refractivity (Wildman–Crippen MR) is 174 cm³/mol. The zero-order valence-electron chi connectivity index (χ0n) is 26.0. The van der Waals surface area contributed by atoms with E-state index in [0.717, 1.165) is 39.8 Å². The molecule has 0 saturated heterocycles. The second kappa shape index (κ2) is 12.4. The zero-order chi connectivity index (χ0) is 31.8. The molecule has 0 radical (unpaired) electrons. The van der Waals surface area contributed by atoms with Crippen molar-refractivity contribution in [2.24, 2.45) is 0 Å². The van der Waals surface area contributed by atoms with E-state index in [0.29, 0.717) is 34.1 Å². The zero-order valence-corrected chi connectivity index (χ0v) is 26.7. The summed E-state index contributed by atoms with van der Waals surface area (Å²) < 4.78 is 6.35. The first-order valence-corrected chi connectivity index (χ1v) is 15.2. The van der Waals surface area contributed by atoms with Crippen molar-refractivity contribution >= 4 is 29.2 Å². The highest BCUT2D eigenvalue weighted by molar-refractivity contribution is 6.30. The number of fused-ring (bicyclic) bond motifs is 1. The van der Waals surface area contributed by atoms with E-state index in [9.17, 15) is 14.7 Å². The van der Waals surface area contributed by atoms with Gasteiger partial charge in [0.1, 0.15) is 5.54 Å². The van der Waals surface area contributed by atoms with Crippen LogP contribution in [0.3, 0.4) is 0 Å². The second-order valence-corrected chi connectivity index (χ2v) is 12.1. The van der Waals surface area contributed by atoms with Gasteiger partial charge >= 0.3 is 5.97 Å². The number of nitrogens with zero attached hydrogens (tertiary/aromatic N) is 2. The van der Waals surface area contributed by atoms with Crippen LogP contribution >= 0.6 is 11.6 Å². The van der Waals surface area contributed by atoms with Crippen LogP contribution < -0.4 is 15.0 Å². The lowest BCUT2D eigenvalue weighted by atomic mass is 9.76. The molecule has 2 N–H and O–H groups in total. The summed E-state index contributed by atoms with van der Waals surface area (Å²) in [6.45, 7) is 12.1. The van der Waals surface area contributed by atoms with Crippen LogP contribution in [-0.4, -0.2) is 34.6 Å². The first-order chi connectivity index (χ1) is 20.9. The number of ether oxygens (including phenoxy) is 1. The summed E-state index contributed by atoms with van der Waals surface area (Å²) in [5, 5.41) is 14.7. The number of carboxylic acids is 1. The van der Waals surface area contributed by atoms with Crippen LogP contribution in [0.1, 0.15) is 57.1 Å². The molecule has 228 valence electrons. The maximum Gasteiger partial charge on any atom is 0.347 e. The van der Waals surface area contributed by atoms with Gasteiger partial charge in [0.25, 0.3) is 0 Å². The highest BCUT2D eigenvalue weighted by Crippen LogP contribution is 2.44. The van der Waals surface area contributed by atoms with Gasteiger partial charge in [-0.25, -0.2) is 9.78 Å². The van der Waals surface area contributed by atoms with Gasteiger partial charge in [0.05, 0.1) is 13.1 Å². The molecule has 0 aliphatic carbocycles. The molecule has 1 aromatic heterocycles. The monoisotopic (exact) mass is 611 g/mol. The normalized spacial score (nSPS) is 17.2. The molecule has 8 heteroatoms. The Labute approximate surface area is 263 Å². The summed E-state index contributed by atoms with van der Waals surface area (Å²) in [5.41, 5.74) is 7.18. The molecule has 0 saturated carbocycles. The number of aromatic nitrogens is 1. The number of nitrogens with one attached hydrogen (secondary N) is 1. The minimum absolute atomic E-state index is 0.139. The molecule has 1 aliphatic rings. The fourth-order valence-electron chi connectivity index (χ4n) is 6.38. The van der Waals surface area contributed by atoms with Gasteiger partial charge in [-0.1, -0.05) is 60.5 Å². The fourth-order valence-corrected chi connectivity index (χ4v) is 6.55. The van der Waals surface area contributed by atoms with E-state index in [1.807, 2.05) is 65.0 Å². The Kier molecular flexibility index (Phi) is 8.82. The molecule has 3 aromatic carbocycles. The largest absolute Gasteiger partial charge is 0.478 e. The number of rotatable bonds is 8. The van der Waals surface area contributed by atoms with E-state index in [1.165, 1.54) is 0 Å². The summed E-state index contributed by atoms with van der Waals surface area (Å²) in [6.07, 6.45) is -0.781. The number of benzene rings is 3. The SMILES string of the molecule is CCc1cccc([C@]2([C@H](Oc3cc(C)cc(C)n3)C(=O)O)NCC(=O)N(Cc3c(C)cc(C)cc3C)c3ccc(Cl)cc32)c1. The van der Waals surface area contributed by atoms with Gasteiger partial charge < -0.3 is 14.7 Å². The Morgan fingerprint density at radius 1 is 1.02 bits per heavy atom. The number of amides is 1. The van der Waals surface area contributed by atoms with Gasteiger partial charge in [-0.05, 0) is 98.7 Å². The summed E-state index contributed by atoms with van der Waals surface area (Å²) in [4.78, 5) is 33.7. The molecule has 44 heavy (non-hydrogen) atoms. The van der Waals surface area contributed by atoms with Gasteiger partial charge in [-0.3, -0.25) is 10.1 Å². The standard InChI is InChI=1S/C36H38ClN3O4/c1-7-26-9-8-10-27(17-26)36(34(35(42)43)44-32-16-22(3)15-25(6)39-32)30-18-28(37)11-12-31(30)40(33(41)19-38-36)20-29-23(4)13-21(2)14-24(29)5/h8-18,34,38H,7,19-20H2,1-6H3,(H,42,43)/t34-,36+/m1/s1. The number of anilines is 1. The minimum Gasteiger partial charge on any atom is -0.478 e. The number of pyridine rings is 1. The lowest BCUT2D eigenvalue weighted by Gasteiger charge is -2.40. The smallest absolute Gasteiger partial charge is 0.347 e. The Morgan fingerprint density at radius 2 is 1.73 bits per heavy atom. The van der Waals surface area contributed by atoms with Crippen molar-refractivity contribution in [2.45, 2.75) is 66.2 Å². The van der Waals surface area contributed by atoms with Crippen molar-refractivity contribution < 1.29 is 19.4 Å². The van der Waals surface area contributed by atoms with E-state index < -0.39 is 17.6 Å². The Balaban J connectivity index is 1.79. The molecule has 1 amide bonds. The van der Waals surface area contributed by atoms with Crippen LogP contribution in [0.5, 0.6) is 5.88 Å². The molecule has 7 nitrogen and oxygen atoms in total. The lowest BCUT2D eigenvalue weighted by molar-refractivity contribution is -0.149.